The molecule has 2 rings (SSSR count). The number of halogens is 3. The molecule has 0 bridgehead atoms. The largest absolute Gasteiger partial charge is 0.495 e. The van der Waals surface area contributed by atoms with E-state index >= 15 is 0 Å². The molecule has 7 heteroatoms. The summed E-state index contributed by atoms with van der Waals surface area (Å²) in [5, 5.41) is 3.52. The summed E-state index contributed by atoms with van der Waals surface area (Å²) in [6.07, 6.45) is 0. The molecule has 0 saturated carbocycles. The van der Waals surface area contributed by atoms with Crippen LogP contribution in [0, 0.1) is 0 Å². The molecule has 0 saturated heterocycles. The summed E-state index contributed by atoms with van der Waals surface area (Å²) in [6, 6.07) is 7.93. The molecule has 116 valence electrons. The fourth-order valence-corrected chi connectivity index (χ4v) is 2.45. The Hall–Kier alpha value is -1.62. The molecule has 0 heterocycles. The van der Waals surface area contributed by atoms with Gasteiger partial charge in [-0.1, -0.05) is 40.9 Å². The zero-order chi connectivity index (χ0) is 16.3. The van der Waals surface area contributed by atoms with E-state index < -0.39 is 5.91 Å². The molecule has 0 unspecified atom stereocenters. The van der Waals surface area contributed by atoms with E-state index in [0.29, 0.717) is 27.2 Å². The predicted octanol–water partition coefficient (Wildman–Crippen LogP) is 4.92. The van der Waals surface area contributed by atoms with E-state index in [1.54, 1.807) is 24.3 Å². The van der Waals surface area contributed by atoms with Crippen LogP contribution in [0.4, 0.5) is 5.69 Å². The Kier molecular flexibility index (Phi) is 5.40. The lowest BCUT2D eigenvalue weighted by Crippen LogP contribution is -2.13. The first-order valence-electron chi connectivity index (χ1n) is 6.14. The highest BCUT2D eigenvalue weighted by atomic mass is 35.5. The van der Waals surface area contributed by atoms with Crippen LogP contribution in [-0.2, 0) is 0 Å². The van der Waals surface area contributed by atoms with Crippen molar-refractivity contribution in [3.05, 3.63) is 51.0 Å². The van der Waals surface area contributed by atoms with E-state index in [4.69, 9.17) is 44.3 Å². The Morgan fingerprint density at radius 1 is 1.00 bits per heavy atom. The van der Waals surface area contributed by atoms with E-state index in [9.17, 15) is 4.79 Å². The van der Waals surface area contributed by atoms with Crippen LogP contribution in [0.25, 0.3) is 0 Å². The quantitative estimate of drug-likeness (QED) is 0.842. The van der Waals surface area contributed by atoms with Gasteiger partial charge in [0.2, 0.25) is 0 Å². The summed E-state index contributed by atoms with van der Waals surface area (Å²) in [5.41, 5.74) is 0.650. The molecule has 0 aromatic heterocycles. The molecule has 4 nitrogen and oxygen atoms in total. The summed E-state index contributed by atoms with van der Waals surface area (Å²) in [5.74, 6) is 0.428. The van der Waals surface area contributed by atoms with Crippen LogP contribution in [-0.4, -0.2) is 20.1 Å². The summed E-state index contributed by atoms with van der Waals surface area (Å²) >= 11 is 18.0. The topological polar surface area (TPSA) is 47.6 Å². The van der Waals surface area contributed by atoms with Gasteiger partial charge in [0.1, 0.15) is 11.5 Å². The zero-order valence-electron chi connectivity index (χ0n) is 11.7. The van der Waals surface area contributed by atoms with Gasteiger partial charge in [0, 0.05) is 6.07 Å². The minimum atomic E-state index is -0.424. The third-order valence-electron chi connectivity index (χ3n) is 2.92. The molecule has 0 spiro atoms. The van der Waals surface area contributed by atoms with Gasteiger partial charge in [-0.2, -0.15) is 0 Å². The molecule has 0 atom stereocenters. The third-order valence-corrected chi connectivity index (χ3v) is 4.03. The van der Waals surface area contributed by atoms with Crippen molar-refractivity contribution in [2.75, 3.05) is 19.5 Å². The number of nitrogens with one attached hydrogen (secondary N) is 1. The van der Waals surface area contributed by atoms with Gasteiger partial charge in [0.05, 0.1) is 40.5 Å². The maximum Gasteiger partial charge on any atom is 0.257 e. The summed E-state index contributed by atoms with van der Waals surface area (Å²) in [4.78, 5) is 12.3. The van der Waals surface area contributed by atoms with Crippen LogP contribution in [0.15, 0.2) is 30.3 Å². The number of anilines is 1. The number of ether oxygens (including phenoxy) is 2. The van der Waals surface area contributed by atoms with Crippen LogP contribution in [0.1, 0.15) is 10.4 Å². The van der Waals surface area contributed by atoms with Crippen LogP contribution >= 0.6 is 34.8 Å². The molecule has 1 N–H and O–H groups in total. The van der Waals surface area contributed by atoms with Crippen LogP contribution < -0.4 is 14.8 Å². The molecule has 0 aliphatic heterocycles. The van der Waals surface area contributed by atoms with Gasteiger partial charge in [-0.3, -0.25) is 4.79 Å². The maximum atomic E-state index is 12.3. The van der Waals surface area contributed by atoms with E-state index in [1.165, 1.54) is 20.3 Å². The van der Waals surface area contributed by atoms with Gasteiger partial charge in [-0.15, -0.1) is 0 Å². The number of hydrogen-bond acceptors (Lipinski definition) is 3. The van der Waals surface area contributed by atoms with Crippen LogP contribution in [0.2, 0.25) is 15.1 Å². The SMILES string of the molecule is COc1cc(OC)c(NC(=O)c2cccc(Cl)c2Cl)cc1Cl. The number of rotatable bonds is 4. The lowest BCUT2D eigenvalue weighted by Gasteiger charge is -2.13. The number of carbonyl (C=O) groups is 1. The van der Waals surface area contributed by atoms with Gasteiger partial charge in [0.15, 0.2) is 0 Å². The fraction of sp³-hybridized carbons (Fsp3) is 0.133. The monoisotopic (exact) mass is 359 g/mol. The van der Waals surface area contributed by atoms with Crippen molar-refractivity contribution in [2.24, 2.45) is 0 Å². The first-order valence-corrected chi connectivity index (χ1v) is 7.28. The molecule has 22 heavy (non-hydrogen) atoms. The highest BCUT2D eigenvalue weighted by molar-refractivity contribution is 6.44. The van der Waals surface area contributed by atoms with Crippen molar-refractivity contribution in [3.8, 4) is 11.5 Å². The molecule has 0 aliphatic carbocycles. The Morgan fingerprint density at radius 2 is 1.68 bits per heavy atom. The highest BCUT2D eigenvalue weighted by Gasteiger charge is 2.16. The maximum absolute atomic E-state index is 12.3. The third kappa shape index (κ3) is 3.40. The first kappa shape index (κ1) is 16.7. The fourth-order valence-electron chi connectivity index (χ4n) is 1.83. The van der Waals surface area contributed by atoms with E-state index in [0.717, 1.165) is 0 Å². The van der Waals surface area contributed by atoms with Crippen molar-refractivity contribution >= 4 is 46.4 Å². The van der Waals surface area contributed by atoms with Crippen molar-refractivity contribution < 1.29 is 14.3 Å². The molecule has 0 radical (unpaired) electrons. The zero-order valence-corrected chi connectivity index (χ0v) is 14.0. The van der Waals surface area contributed by atoms with Gasteiger partial charge in [-0.25, -0.2) is 0 Å². The molecule has 2 aromatic rings. The van der Waals surface area contributed by atoms with Crippen molar-refractivity contribution in [1.82, 2.24) is 0 Å². The van der Waals surface area contributed by atoms with Crippen LogP contribution in [0.5, 0.6) is 11.5 Å². The average Bonchev–Trinajstić information content (AvgIpc) is 2.50. The van der Waals surface area contributed by atoms with Gasteiger partial charge in [-0.05, 0) is 18.2 Å². The number of benzene rings is 2. The van der Waals surface area contributed by atoms with Crippen molar-refractivity contribution in [3.63, 3.8) is 0 Å². The normalized spacial score (nSPS) is 10.2. The first-order chi connectivity index (χ1) is 10.5. The van der Waals surface area contributed by atoms with Crippen molar-refractivity contribution in [1.29, 1.82) is 0 Å². The standard InChI is InChI=1S/C15H12Cl3NO3/c1-21-12-7-13(22-2)11(6-10(12)17)19-15(20)8-4-3-5-9(16)14(8)18/h3-7H,1-2H3,(H,19,20). The smallest absolute Gasteiger partial charge is 0.257 e. The number of carbonyl (C=O) groups excluding carboxylic acids is 1. The van der Waals surface area contributed by atoms with Gasteiger partial charge >= 0.3 is 0 Å². The predicted molar refractivity (Wildman–Crippen MR) is 89.0 cm³/mol. The lowest BCUT2D eigenvalue weighted by molar-refractivity contribution is 0.102. The molecule has 1 amide bonds. The van der Waals surface area contributed by atoms with E-state index in [1.807, 2.05) is 0 Å². The number of hydrogen-bond donors (Lipinski definition) is 1. The Balaban J connectivity index is 2.36. The average molecular weight is 361 g/mol. The van der Waals surface area contributed by atoms with E-state index in [2.05, 4.69) is 5.32 Å². The second-order valence-corrected chi connectivity index (χ2v) is 5.43. The van der Waals surface area contributed by atoms with Gasteiger partial charge in [0.25, 0.3) is 5.91 Å². The minimum absolute atomic E-state index is 0.181. The molecular weight excluding hydrogens is 349 g/mol. The van der Waals surface area contributed by atoms with Gasteiger partial charge < -0.3 is 14.8 Å². The highest BCUT2D eigenvalue weighted by Crippen LogP contribution is 2.36. The number of methoxy groups -OCH3 is 2. The minimum Gasteiger partial charge on any atom is -0.495 e. The summed E-state index contributed by atoms with van der Waals surface area (Å²) in [7, 11) is 2.97. The second-order valence-electron chi connectivity index (χ2n) is 4.24. The summed E-state index contributed by atoms with van der Waals surface area (Å²) in [6.45, 7) is 0. The lowest BCUT2D eigenvalue weighted by atomic mass is 10.2. The number of amides is 1. The molecule has 0 aliphatic rings. The second kappa shape index (κ2) is 7.09. The molecular formula is C15H12Cl3NO3. The molecule has 0 fully saturated rings. The Bertz CT molecular complexity index is 719. The Morgan fingerprint density at radius 3 is 2.32 bits per heavy atom. The van der Waals surface area contributed by atoms with Crippen LogP contribution in [0.3, 0.4) is 0 Å². The van der Waals surface area contributed by atoms with E-state index in [-0.39, 0.29) is 10.6 Å². The molecule has 2 aromatic carbocycles. The van der Waals surface area contributed by atoms with Crippen molar-refractivity contribution in [2.45, 2.75) is 0 Å². The Labute approximate surface area is 142 Å². The summed E-state index contributed by atoms with van der Waals surface area (Å²) < 4.78 is 10.3.